The molecular weight excluding hydrogens is 390 g/mol. The quantitative estimate of drug-likeness (QED) is 0.719. The normalized spacial score (nSPS) is 17.8. The molecule has 0 radical (unpaired) electrons. The summed E-state index contributed by atoms with van der Waals surface area (Å²) in [5, 5.41) is 0. The van der Waals surface area contributed by atoms with Crippen LogP contribution in [0.25, 0.3) is 0 Å². The third kappa shape index (κ3) is 4.36. The van der Waals surface area contributed by atoms with Crippen molar-refractivity contribution in [2.45, 2.75) is 12.8 Å². The standard InChI is InChI=1S/C23H24F2N2O3/c24-18-3-6-21(25)20(15-18)22(28)16-7-9-27(10-8-16)23(29)17-1-4-19(5-2-17)26-11-13-30-14-12-26/h1-6,15-16H,7-14H2. The molecule has 2 aromatic rings. The van der Waals surface area contributed by atoms with Crippen LogP contribution in [0.15, 0.2) is 42.5 Å². The highest BCUT2D eigenvalue weighted by atomic mass is 19.1. The zero-order chi connectivity index (χ0) is 21.1. The average molecular weight is 414 g/mol. The number of ketones is 1. The number of morpholine rings is 1. The lowest BCUT2D eigenvalue weighted by atomic mass is 9.88. The van der Waals surface area contributed by atoms with E-state index in [-0.39, 0.29) is 11.5 Å². The summed E-state index contributed by atoms with van der Waals surface area (Å²) in [7, 11) is 0. The minimum atomic E-state index is -0.708. The SMILES string of the molecule is O=C(c1cc(F)ccc1F)C1CCN(C(=O)c2ccc(N3CCOCC3)cc2)CC1. The van der Waals surface area contributed by atoms with Gasteiger partial charge in [-0.1, -0.05) is 0 Å². The molecule has 0 N–H and O–H groups in total. The van der Waals surface area contributed by atoms with Gasteiger partial charge in [-0.25, -0.2) is 8.78 Å². The van der Waals surface area contributed by atoms with Crippen molar-refractivity contribution in [3.63, 3.8) is 0 Å². The van der Waals surface area contributed by atoms with Crippen molar-refractivity contribution in [2.75, 3.05) is 44.3 Å². The van der Waals surface area contributed by atoms with Crippen LogP contribution < -0.4 is 4.90 Å². The molecule has 2 aliphatic heterocycles. The lowest BCUT2D eigenvalue weighted by molar-refractivity contribution is 0.0649. The number of Topliss-reactive ketones (excluding diaryl/α,β-unsaturated/α-hetero) is 1. The molecule has 7 heteroatoms. The van der Waals surface area contributed by atoms with E-state index in [2.05, 4.69) is 4.90 Å². The van der Waals surface area contributed by atoms with Crippen molar-refractivity contribution in [1.82, 2.24) is 4.90 Å². The number of piperidine rings is 1. The van der Waals surface area contributed by atoms with Crippen molar-refractivity contribution in [3.05, 3.63) is 65.2 Å². The highest BCUT2D eigenvalue weighted by molar-refractivity contribution is 5.98. The number of benzene rings is 2. The molecule has 0 aliphatic carbocycles. The molecule has 5 nitrogen and oxygen atoms in total. The molecule has 2 aliphatic rings. The predicted octanol–water partition coefficient (Wildman–Crippen LogP) is 3.54. The van der Waals surface area contributed by atoms with Gasteiger partial charge in [0.2, 0.25) is 0 Å². The molecule has 4 rings (SSSR count). The van der Waals surface area contributed by atoms with Gasteiger partial charge in [0.1, 0.15) is 11.6 Å². The predicted molar refractivity (Wildman–Crippen MR) is 109 cm³/mol. The van der Waals surface area contributed by atoms with Crippen molar-refractivity contribution < 1.29 is 23.1 Å². The minimum Gasteiger partial charge on any atom is -0.378 e. The summed E-state index contributed by atoms with van der Waals surface area (Å²) in [6.45, 7) is 3.90. The van der Waals surface area contributed by atoms with Crippen LogP contribution in [0.5, 0.6) is 0 Å². The van der Waals surface area contributed by atoms with Crippen LogP contribution in [0.2, 0.25) is 0 Å². The number of hydrogen-bond acceptors (Lipinski definition) is 4. The number of likely N-dealkylation sites (tertiary alicyclic amines) is 1. The van der Waals surface area contributed by atoms with Crippen LogP contribution in [0, 0.1) is 17.6 Å². The molecule has 0 aromatic heterocycles. The lowest BCUT2D eigenvalue weighted by Crippen LogP contribution is -2.40. The van der Waals surface area contributed by atoms with Crippen LogP contribution in [0.4, 0.5) is 14.5 Å². The van der Waals surface area contributed by atoms with E-state index in [1.165, 1.54) is 0 Å². The summed E-state index contributed by atoms with van der Waals surface area (Å²) < 4.78 is 32.7. The molecule has 2 saturated heterocycles. The number of carbonyl (C=O) groups excluding carboxylic acids is 2. The first-order chi connectivity index (χ1) is 14.5. The second-order valence-corrected chi connectivity index (χ2v) is 7.70. The first-order valence-electron chi connectivity index (χ1n) is 10.2. The summed E-state index contributed by atoms with van der Waals surface area (Å²) >= 11 is 0. The third-order valence-electron chi connectivity index (χ3n) is 5.84. The molecule has 30 heavy (non-hydrogen) atoms. The summed E-state index contributed by atoms with van der Waals surface area (Å²) in [5.74, 6) is -2.22. The Kier molecular flexibility index (Phi) is 6.08. The zero-order valence-electron chi connectivity index (χ0n) is 16.7. The number of hydrogen-bond donors (Lipinski definition) is 0. The Morgan fingerprint density at radius 2 is 1.57 bits per heavy atom. The van der Waals surface area contributed by atoms with E-state index in [9.17, 15) is 18.4 Å². The highest BCUT2D eigenvalue weighted by Gasteiger charge is 2.30. The smallest absolute Gasteiger partial charge is 0.253 e. The van der Waals surface area contributed by atoms with Gasteiger partial charge in [-0.15, -0.1) is 0 Å². The first kappa shape index (κ1) is 20.5. The Hall–Kier alpha value is -2.80. The summed E-state index contributed by atoms with van der Waals surface area (Å²) in [6.07, 6.45) is 0.874. The van der Waals surface area contributed by atoms with Crippen molar-refractivity contribution >= 4 is 17.4 Å². The number of ether oxygens (including phenoxy) is 1. The Morgan fingerprint density at radius 3 is 2.23 bits per heavy atom. The van der Waals surface area contributed by atoms with E-state index in [1.54, 1.807) is 4.90 Å². The number of amides is 1. The van der Waals surface area contributed by atoms with E-state index < -0.39 is 23.3 Å². The van der Waals surface area contributed by atoms with Crippen molar-refractivity contribution in [3.8, 4) is 0 Å². The van der Waals surface area contributed by atoms with E-state index >= 15 is 0 Å². The number of anilines is 1. The maximum atomic E-state index is 13.9. The molecule has 0 spiro atoms. The molecule has 158 valence electrons. The largest absolute Gasteiger partial charge is 0.378 e. The Bertz CT molecular complexity index is 919. The van der Waals surface area contributed by atoms with E-state index in [0.717, 1.165) is 37.0 Å². The van der Waals surface area contributed by atoms with E-state index in [4.69, 9.17) is 4.74 Å². The minimum absolute atomic E-state index is 0.0774. The second kappa shape index (κ2) is 8.92. The molecule has 0 atom stereocenters. The van der Waals surface area contributed by atoms with Gasteiger partial charge < -0.3 is 14.5 Å². The van der Waals surface area contributed by atoms with Crippen LogP contribution >= 0.6 is 0 Å². The van der Waals surface area contributed by atoms with Crippen molar-refractivity contribution in [1.29, 1.82) is 0 Å². The van der Waals surface area contributed by atoms with Crippen LogP contribution in [-0.2, 0) is 4.74 Å². The van der Waals surface area contributed by atoms with E-state index in [1.807, 2.05) is 24.3 Å². The number of carbonyl (C=O) groups is 2. The van der Waals surface area contributed by atoms with Gasteiger partial charge in [0, 0.05) is 43.3 Å². The molecule has 2 aromatic carbocycles. The van der Waals surface area contributed by atoms with Gasteiger partial charge >= 0.3 is 0 Å². The molecule has 1 amide bonds. The van der Waals surface area contributed by atoms with Gasteiger partial charge in [0.25, 0.3) is 5.91 Å². The van der Waals surface area contributed by atoms with E-state index in [0.29, 0.717) is 44.7 Å². The fourth-order valence-corrected chi connectivity index (χ4v) is 4.07. The fourth-order valence-electron chi connectivity index (χ4n) is 4.07. The first-order valence-corrected chi connectivity index (χ1v) is 10.2. The number of nitrogens with zero attached hydrogens (tertiary/aromatic N) is 2. The number of halogens is 2. The molecule has 0 bridgehead atoms. The van der Waals surface area contributed by atoms with Gasteiger partial charge in [-0.2, -0.15) is 0 Å². The van der Waals surface area contributed by atoms with Gasteiger partial charge in [0.05, 0.1) is 18.8 Å². The molecule has 0 saturated carbocycles. The maximum absolute atomic E-state index is 13.9. The Morgan fingerprint density at radius 1 is 0.900 bits per heavy atom. The highest BCUT2D eigenvalue weighted by Crippen LogP contribution is 2.25. The van der Waals surface area contributed by atoms with Crippen LogP contribution in [-0.4, -0.2) is 56.0 Å². The summed E-state index contributed by atoms with van der Waals surface area (Å²) in [5.41, 5.74) is 1.46. The topological polar surface area (TPSA) is 49.9 Å². The Labute approximate surface area is 174 Å². The molecule has 0 unspecified atom stereocenters. The Balaban J connectivity index is 1.36. The second-order valence-electron chi connectivity index (χ2n) is 7.70. The molecule has 2 heterocycles. The number of rotatable bonds is 4. The maximum Gasteiger partial charge on any atom is 0.253 e. The van der Waals surface area contributed by atoms with Crippen LogP contribution in [0.1, 0.15) is 33.6 Å². The average Bonchev–Trinajstić information content (AvgIpc) is 2.80. The van der Waals surface area contributed by atoms with Gasteiger partial charge in [-0.05, 0) is 55.3 Å². The summed E-state index contributed by atoms with van der Waals surface area (Å²) in [4.78, 5) is 29.4. The van der Waals surface area contributed by atoms with Gasteiger partial charge in [0.15, 0.2) is 5.78 Å². The molecule has 2 fully saturated rings. The lowest BCUT2D eigenvalue weighted by Gasteiger charge is -2.32. The molecular formula is C23H24F2N2O3. The fraction of sp³-hybridized carbons (Fsp3) is 0.391. The third-order valence-corrected chi connectivity index (χ3v) is 5.84. The zero-order valence-corrected chi connectivity index (χ0v) is 16.7. The summed E-state index contributed by atoms with van der Waals surface area (Å²) in [6, 6.07) is 10.5. The van der Waals surface area contributed by atoms with Crippen molar-refractivity contribution in [2.24, 2.45) is 5.92 Å². The monoisotopic (exact) mass is 414 g/mol. The van der Waals surface area contributed by atoms with Gasteiger partial charge in [-0.3, -0.25) is 9.59 Å². The van der Waals surface area contributed by atoms with Crippen LogP contribution in [0.3, 0.4) is 0 Å².